The molecule has 1 aromatic rings. The van der Waals surface area contributed by atoms with E-state index in [1.54, 1.807) is 11.8 Å². The zero-order valence-corrected chi connectivity index (χ0v) is 9.55. The van der Waals surface area contributed by atoms with E-state index in [0.717, 1.165) is 36.1 Å². The van der Waals surface area contributed by atoms with Crippen molar-refractivity contribution >= 4 is 11.8 Å². The summed E-state index contributed by atoms with van der Waals surface area (Å²) < 4.78 is 2.13. The second-order valence-corrected chi connectivity index (χ2v) is 4.17. The van der Waals surface area contributed by atoms with Crippen molar-refractivity contribution in [1.29, 1.82) is 0 Å². The second kappa shape index (κ2) is 6.03. The molecule has 0 saturated carbocycles. The van der Waals surface area contributed by atoms with Crippen LogP contribution < -0.4 is 0 Å². The van der Waals surface area contributed by atoms with E-state index < -0.39 is 0 Å². The van der Waals surface area contributed by atoms with Gasteiger partial charge in [-0.25, -0.2) is 0 Å². The molecule has 14 heavy (non-hydrogen) atoms. The summed E-state index contributed by atoms with van der Waals surface area (Å²) in [6.45, 7) is 5.33. The summed E-state index contributed by atoms with van der Waals surface area (Å²) in [6, 6.07) is 0. The molecule has 0 amide bonds. The van der Waals surface area contributed by atoms with Crippen molar-refractivity contribution in [3.05, 3.63) is 5.82 Å². The van der Waals surface area contributed by atoms with Crippen LogP contribution in [-0.2, 0) is 6.54 Å². The molecule has 0 unspecified atom stereocenters. The normalized spacial score (nSPS) is 10.8. The smallest absolute Gasteiger partial charge is 0.191 e. The van der Waals surface area contributed by atoms with E-state index >= 15 is 0 Å². The highest BCUT2D eigenvalue weighted by molar-refractivity contribution is 7.99. The van der Waals surface area contributed by atoms with Crippen LogP contribution in [0.4, 0.5) is 0 Å². The molecule has 1 N–H and O–H groups in total. The van der Waals surface area contributed by atoms with Gasteiger partial charge < -0.3 is 9.67 Å². The minimum atomic E-state index is 0.244. The van der Waals surface area contributed by atoms with Crippen LogP contribution in [0.15, 0.2) is 5.16 Å². The molecular formula is C9H17N3OS. The molecule has 0 saturated heterocycles. The van der Waals surface area contributed by atoms with Gasteiger partial charge in [0.25, 0.3) is 0 Å². The third-order valence-corrected chi connectivity index (χ3v) is 2.94. The lowest BCUT2D eigenvalue weighted by molar-refractivity contribution is 0.296. The van der Waals surface area contributed by atoms with E-state index in [4.69, 9.17) is 5.11 Å². The van der Waals surface area contributed by atoms with E-state index in [1.807, 2.05) is 6.92 Å². The molecule has 0 fully saturated rings. The van der Waals surface area contributed by atoms with Gasteiger partial charge in [0.1, 0.15) is 5.82 Å². The standard InChI is InChI=1S/C9H17N3OS/c1-3-5-12-8(2)10-11-9(12)14-7-4-6-13/h13H,3-7H2,1-2H3. The summed E-state index contributed by atoms with van der Waals surface area (Å²) in [5.74, 6) is 1.87. The predicted molar refractivity (Wildman–Crippen MR) is 57.5 cm³/mol. The van der Waals surface area contributed by atoms with Crippen molar-refractivity contribution in [1.82, 2.24) is 14.8 Å². The van der Waals surface area contributed by atoms with Gasteiger partial charge in [-0.05, 0) is 19.8 Å². The number of hydrogen-bond acceptors (Lipinski definition) is 4. The van der Waals surface area contributed by atoms with Gasteiger partial charge in [-0.15, -0.1) is 10.2 Å². The lowest BCUT2D eigenvalue weighted by Gasteiger charge is -2.05. The summed E-state index contributed by atoms with van der Waals surface area (Å²) in [6.07, 6.45) is 1.90. The fourth-order valence-corrected chi connectivity index (χ4v) is 2.11. The molecule has 4 nitrogen and oxygen atoms in total. The molecule has 0 aromatic carbocycles. The van der Waals surface area contributed by atoms with Crippen LogP contribution in [0.3, 0.4) is 0 Å². The highest BCUT2D eigenvalue weighted by atomic mass is 32.2. The van der Waals surface area contributed by atoms with Crippen LogP contribution in [0.1, 0.15) is 25.6 Å². The van der Waals surface area contributed by atoms with Crippen LogP contribution in [0.2, 0.25) is 0 Å². The minimum absolute atomic E-state index is 0.244. The number of aliphatic hydroxyl groups is 1. The Kier molecular flexibility index (Phi) is 4.97. The molecule has 1 aromatic heterocycles. The lowest BCUT2D eigenvalue weighted by atomic mass is 10.5. The van der Waals surface area contributed by atoms with Gasteiger partial charge >= 0.3 is 0 Å². The molecular weight excluding hydrogens is 198 g/mol. The molecule has 0 radical (unpaired) electrons. The van der Waals surface area contributed by atoms with Crippen molar-refractivity contribution in [2.24, 2.45) is 0 Å². The summed E-state index contributed by atoms with van der Waals surface area (Å²) in [5, 5.41) is 17.8. The molecule has 0 aliphatic carbocycles. The van der Waals surface area contributed by atoms with Crippen LogP contribution in [0, 0.1) is 6.92 Å². The Morgan fingerprint density at radius 3 is 2.86 bits per heavy atom. The highest BCUT2D eigenvalue weighted by Crippen LogP contribution is 2.17. The molecule has 1 heterocycles. The Hall–Kier alpha value is -0.550. The Bertz CT molecular complexity index is 275. The first kappa shape index (κ1) is 11.5. The average molecular weight is 215 g/mol. The molecule has 0 atom stereocenters. The lowest BCUT2D eigenvalue weighted by Crippen LogP contribution is -2.01. The quantitative estimate of drug-likeness (QED) is 0.577. The number of thioether (sulfide) groups is 1. The first-order valence-electron chi connectivity index (χ1n) is 4.93. The minimum Gasteiger partial charge on any atom is -0.396 e. The number of rotatable bonds is 6. The van der Waals surface area contributed by atoms with E-state index in [9.17, 15) is 0 Å². The van der Waals surface area contributed by atoms with Crippen molar-refractivity contribution in [3.8, 4) is 0 Å². The first-order chi connectivity index (χ1) is 6.79. The molecule has 1 rings (SSSR count). The van der Waals surface area contributed by atoms with Gasteiger partial charge in [0, 0.05) is 18.9 Å². The number of aliphatic hydroxyl groups excluding tert-OH is 1. The van der Waals surface area contributed by atoms with Gasteiger partial charge in [0.2, 0.25) is 0 Å². The van der Waals surface area contributed by atoms with Crippen molar-refractivity contribution < 1.29 is 5.11 Å². The zero-order valence-electron chi connectivity index (χ0n) is 8.73. The number of aryl methyl sites for hydroxylation is 1. The number of nitrogens with zero attached hydrogens (tertiary/aromatic N) is 3. The van der Waals surface area contributed by atoms with Gasteiger partial charge in [-0.2, -0.15) is 0 Å². The maximum atomic E-state index is 8.67. The Balaban J connectivity index is 2.56. The highest BCUT2D eigenvalue weighted by Gasteiger charge is 2.07. The maximum absolute atomic E-state index is 8.67. The van der Waals surface area contributed by atoms with Gasteiger partial charge in [-0.3, -0.25) is 0 Å². The summed E-state index contributed by atoms with van der Waals surface area (Å²) >= 11 is 1.66. The molecule has 0 aliphatic heterocycles. The fraction of sp³-hybridized carbons (Fsp3) is 0.778. The van der Waals surface area contributed by atoms with E-state index in [1.165, 1.54) is 0 Å². The van der Waals surface area contributed by atoms with Crippen LogP contribution in [-0.4, -0.2) is 32.2 Å². The molecule has 80 valence electrons. The second-order valence-electron chi connectivity index (χ2n) is 3.11. The van der Waals surface area contributed by atoms with Crippen molar-refractivity contribution in [2.75, 3.05) is 12.4 Å². The molecule has 5 heteroatoms. The van der Waals surface area contributed by atoms with E-state index in [0.29, 0.717) is 0 Å². The predicted octanol–water partition coefficient (Wildman–Crippen LogP) is 1.47. The average Bonchev–Trinajstić information content (AvgIpc) is 2.51. The monoisotopic (exact) mass is 215 g/mol. The van der Waals surface area contributed by atoms with E-state index in [-0.39, 0.29) is 6.61 Å². The third-order valence-electron chi connectivity index (χ3n) is 1.88. The summed E-state index contributed by atoms with van der Waals surface area (Å²) in [4.78, 5) is 0. The van der Waals surface area contributed by atoms with Crippen molar-refractivity contribution in [2.45, 2.75) is 38.4 Å². The fourth-order valence-electron chi connectivity index (χ4n) is 1.18. The largest absolute Gasteiger partial charge is 0.396 e. The molecule has 0 spiro atoms. The van der Waals surface area contributed by atoms with Gasteiger partial charge in [0.05, 0.1) is 0 Å². The number of hydrogen-bond donors (Lipinski definition) is 1. The van der Waals surface area contributed by atoms with Crippen LogP contribution >= 0.6 is 11.8 Å². The SMILES string of the molecule is CCCn1c(C)nnc1SCCCO. The summed E-state index contributed by atoms with van der Waals surface area (Å²) in [5.41, 5.74) is 0. The first-order valence-corrected chi connectivity index (χ1v) is 5.91. The third kappa shape index (κ3) is 2.99. The Labute approximate surface area is 88.7 Å². The zero-order chi connectivity index (χ0) is 10.4. The van der Waals surface area contributed by atoms with Gasteiger partial charge in [0.15, 0.2) is 5.16 Å². The molecule has 0 aliphatic rings. The van der Waals surface area contributed by atoms with E-state index in [2.05, 4.69) is 21.7 Å². The Morgan fingerprint density at radius 1 is 1.43 bits per heavy atom. The Morgan fingerprint density at radius 2 is 2.21 bits per heavy atom. The van der Waals surface area contributed by atoms with Crippen LogP contribution in [0.5, 0.6) is 0 Å². The van der Waals surface area contributed by atoms with Crippen molar-refractivity contribution in [3.63, 3.8) is 0 Å². The van der Waals surface area contributed by atoms with Crippen LogP contribution in [0.25, 0.3) is 0 Å². The molecule has 0 bridgehead atoms. The topological polar surface area (TPSA) is 50.9 Å². The maximum Gasteiger partial charge on any atom is 0.191 e. The number of aromatic nitrogens is 3. The van der Waals surface area contributed by atoms with Gasteiger partial charge in [-0.1, -0.05) is 18.7 Å². The summed E-state index contributed by atoms with van der Waals surface area (Å²) in [7, 11) is 0.